The van der Waals surface area contributed by atoms with Gasteiger partial charge in [-0.15, -0.1) is 0 Å². The third-order valence-corrected chi connectivity index (χ3v) is 4.37. The Morgan fingerprint density at radius 1 is 1.17 bits per heavy atom. The molecule has 0 aliphatic rings. The highest BCUT2D eigenvalue weighted by Gasteiger charge is 2.16. The van der Waals surface area contributed by atoms with Crippen LogP contribution in [0.1, 0.15) is 54.9 Å². The Kier molecular flexibility index (Phi) is 5.96. The van der Waals surface area contributed by atoms with Crippen molar-refractivity contribution in [2.75, 3.05) is 6.54 Å². The predicted octanol–water partition coefficient (Wildman–Crippen LogP) is 2.70. The molecule has 0 radical (unpaired) electrons. The lowest BCUT2D eigenvalue weighted by Gasteiger charge is -2.22. The summed E-state index contributed by atoms with van der Waals surface area (Å²) in [5, 5.41) is 24.4. The van der Waals surface area contributed by atoms with E-state index in [1.807, 2.05) is 11.6 Å². The van der Waals surface area contributed by atoms with Gasteiger partial charge in [0.25, 0.3) is 0 Å². The van der Waals surface area contributed by atoms with Crippen molar-refractivity contribution in [3.8, 4) is 5.75 Å². The van der Waals surface area contributed by atoms with Gasteiger partial charge >= 0.3 is 0 Å². The molecule has 0 amide bonds. The summed E-state index contributed by atoms with van der Waals surface area (Å²) >= 11 is 0. The van der Waals surface area contributed by atoms with E-state index in [-0.39, 0.29) is 12.4 Å². The van der Waals surface area contributed by atoms with E-state index in [4.69, 9.17) is 0 Å². The van der Waals surface area contributed by atoms with Crippen LogP contribution < -0.4 is 0 Å². The number of rotatable bonds is 7. The molecule has 132 valence electrons. The molecule has 24 heavy (non-hydrogen) atoms. The standard InChI is InChI=1S/C18H28N4O2/c1-6-21(8-16-9-22(12(2)3)20-13(16)4)10-17-15(11-23)7-19-14(5)18(17)24/h7,9,12,23-24H,6,8,10-11H2,1-5H3. The van der Waals surface area contributed by atoms with E-state index < -0.39 is 0 Å². The number of aliphatic hydroxyl groups is 1. The van der Waals surface area contributed by atoms with Crippen molar-refractivity contribution >= 4 is 0 Å². The number of hydrogen-bond donors (Lipinski definition) is 2. The number of aromatic hydroxyl groups is 1. The van der Waals surface area contributed by atoms with Crippen LogP contribution in [-0.4, -0.2) is 36.4 Å². The zero-order valence-electron chi connectivity index (χ0n) is 15.2. The normalized spacial score (nSPS) is 11.7. The fourth-order valence-electron chi connectivity index (χ4n) is 2.68. The molecule has 6 heteroatoms. The van der Waals surface area contributed by atoms with Gasteiger partial charge in [0.05, 0.1) is 18.0 Å². The molecule has 0 aromatic carbocycles. The summed E-state index contributed by atoms with van der Waals surface area (Å²) in [6.07, 6.45) is 3.73. The number of aromatic nitrogens is 3. The van der Waals surface area contributed by atoms with E-state index in [9.17, 15) is 10.2 Å². The van der Waals surface area contributed by atoms with E-state index in [1.165, 1.54) is 5.56 Å². The fourth-order valence-corrected chi connectivity index (χ4v) is 2.68. The van der Waals surface area contributed by atoms with E-state index in [0.29, 0.717) is 23.8 Å². The van der Waals surface area contributed by atoms with Crippen LogP contribution in [0.2, 0.25) is 0 Å². The number of hydrogen-bond acceptors (Lipinski definition) is 5. The van der Waals surface area contributed by atoms with Crippen LogP contribution >= 0.6 is 0 Å². The Balaban J connectivity index is 2.23. The lowest BCUT2D eigenvalue weighted by atomic mass is 10.1. The second kappa shape index (κ2) is 7.77. The Morgan fingerprint density at radius 3 is 2.42 bits per heavy atom. The largest absolute Gasteiger partial charge is 0.506 e. The summed E-state index contributed by atoms with van der Waals surface area (Å²) in [5.74, 6) is 0.176. The molecule has 0 spiro atoms. The molecule has 6 nitrogen and oxygen atoms in total. The van der Waals surface area contributed by atoms with Crippen molar-refractivity contribution in [2.24, 2.45) is 0 Å². The first kappa shape index (κ1) is 18.4. The summed E-state index contributed by atoms with van der Waals surface area (Å²) in [4.78, 5) is 6.35. The lowest BCUT2D eigenvalue weighted by molar-refractivity contribution is 0.253. The second-order valence-electron chi connectivity index (χ2n) is 6.47. The molecule has 0 saturated heterocycles. The van der Waals surface area contributed by atoms with Crippen LogP contribution in [0.5, 0.6) is 5.75 Å². The van der Waals surface area contributed by atoms with Crippen molar-refractivity contribution in [3.05, 3.63) is 40.5 Å². The third-order valence-electron chi connectivity index (χ3n) is 4.37. The third kappa shape index (κ3) is 3.94. The summed E-state index contributed by atoms with van der Waals surface area (Å²) in [6, 6.07) is 0.334. The molecular weight excluding hydrogens is 304 g/mol. The van der Waals surface area contributed by atoms with Crippen LogP contribution in [0.25, 0.3) is 0 Å². The number of pyridine rings is 1. The molecule has 0 atom stereocenters. The van der Waals surface area contributed by atoms with Crippen molar-refractivity contribution in [2.45, 2.75) is 60.4 Å². The smallest absolute Gasteiger partial charge is 0.141 e. The Bertz CT molecular complexity index is 695. The van der Waals surface area contributed by atoms with Gasteiger partial charge in [0.2, 0.25) is 0 Å². The van der Waals surface area contributed by atoms with Crippen LogP contribution in [-0.2, 0) is 19.7 Å². The molecule has 0 unspecified atom stereocenters. The maximum atomic E-state index is 10.3. The SMILES string of the molecule is CCN(Cc1cn(C(C)C)nc1C)Cc1c(CO)cnc(C)c1O. The second-order valence-corrected chi connectivity index (χ2v) is 6.47. The van der Waals surface area contributed by atoms with Gasteiger partial charge in [0, 0.05) is 48.2 Å². The van der Waals surface area contributed by atoms with Crippen molar-refractivity contribution in [1.29, 1.82) is 0 Å². The molecule has 0 fully saturated rings. The highest BCUT2D eigenvalue weighted by molar-refractivity contribution is 5.40. The Morgan fingerprint density at radius 2 is 1.88 bits per heavy atom. The topological polar surface area (TPSA) is 74.4 Å². The lowest BCUT2D eigenvalue weighted by Crippen LogP contribution is -2.23. The molecule has 0 aliphatic carbocycles. The molecular formula is C18H28N4O2. The average molecular weight is 332 g/mol. The highest BCUT2D eigenvalue weighted by atomic mass is 16.3. The molecule has 0 bridgehead atoms. The first-order valence-electron chi connectivity index (χ1n) is 8.41. The van der Waals surface area contributed by atoms with Crippen molar-refractivity contribution < 1.29 is 10.2 Å². The monoisotopic (exact) mass is 332 g/mol. The van der Waals surface area contributed by atoms with Gasteiger partial charge in [0.1, 0.15) is 5.75 Å². The van der Waals surface area contributed by atoms with Crippen LogP contribution in [0, 0.1) is 13.8 Å². The number of aliphatic hydroxyl groups excluding tert-OH is 1. The van der Waals surface area contributed by atoms with Gasteiger partial charge in [0.15, 0.2) is 0 Å². The zero-order valence-corrected chi connectivity index (χ0v) is 15.2. The molecule has 2 heterocycles. The van der Waals surface area contributed by atoms with E-state index in [1.54, 1.807) is 13.1 Å². The number of aryl methyl sites for hydroxylation is 2. The predicted molar refractivity (Wildman–Crippen MR) is 93.7 cm³/mol. The van der Waals surface area contributed by atoms with E-state index >= 15 is 0 Å². The molecule has 0 aliphatic heterocycles. The minimum absolute atomic E-state index is 0.127. The zero-order chi connectivity index (χ0) is 17.9. The molecule has 0 saturated carbocycles. The molecule has 2 aromatic rings. The maximum absolute atomic E-state index is 10.3. The first-order valence-corrected chi connectivity index (χ1v) is 8.41. The molecule has 2 N–H and O–H groups in total. The van der Waals surface area contributed by atoms with Crippen LogP contribution in [0.15, 0.2) is 12.4 Å². The van der Waals surface area contributed by atoms with E-state index in [0.717, 1.165) is 24.3 Å². The van der Waals surface area contributed by atoms with Crippen LogP contribution in [0.3, 0.4) is 0 Å². The van der Waals surface area contributed by atoms with Gasteiger partial charge in [-0.2, -0.15) is 5.10 Å². The fraction of sp³-hybridized carbons (Fsp3) is 0.556. The average Bonchev–Trinajstić information content (AvgIpc) is 2.92. The Labute approximate surface area is 143 Å². The number of nitrogens with zero attached hydrogens (tertiary/aromatic N) is 4. The molecule has 2 rings (SSSR count). The summed E-state index contributed by atoms with van der Waals surface area (Å²) in [6.45, 7) is 12.1. The summed E-state index contributed by atoms with van der Waals surface area (Å²) in [7, 11) is 0. The van der Waals surface area contributed by atoms with Crippen molar-refractivity contribution in [1.82, 2.24) is 19.7 Å². The highest BCUT2D eigenvalue weighted by Crippen LogP contribution is 2.26. The van der Waals surface area contributed by atoms with E-state index in [2.05, 4.69) is 42.0 Å². The van der Waals surface area contributed by atoms with Crippen molar-refractivity contribution in [3.63, 3.8) is 0 Å². The minimum atomic E-state index is -0.127. The van der Waals surface area contributed by atoms with Gasteiger partial charge in [-0.05, 0) is 34.2 Å². The summed E-state index contributed by atoms with van der Waals surface area (Å²) in [5.41, 5.74) is 4.22. The minimum Gasteiger partial charge on any atom is -0.506 e. The summed E-state index contributed by atoms with van der Waals surface area (Å²) < 4.78 is 1.98. The quantitative estimate of drug-likeness (QED) is 0.815. The van der Waals surface area contributed by atoms with Gasteiger partial charge in [-0.1, -0.05) is 6.92 Å². The maximum Gasteiger partial charge on any atom is 0.141 e. The first-order chi connectivity index (χ1) is 11.4. The van der Waals surface area contributed by atoms with Crippen LogP contribution in [0.4, 0.5) is 0 Å². The van der Waals surface area contributed by atoms with Gasteiger partial charge < -0.3 is 10.2 Å². The van der Waals surface area contributed by atoms with Gasteiger partial charge in [-0.3, -0.25) is 14.6 Å². The Hall–Kier alpha value is -1.92. The van der Waals surface area contributed by atoms with Gasteiger partial charge in [-0.25, -0.2) is 0 Å². The molecule has 2 aromatic heterocycles.